The quantitative estimate of drug-likeness (QED) is 0.369. The summed E-state index contributed by atoms with van der Waals surface area (Å²) in [6.07, 6.45) is 32.3. The third kappa shape index (κ3) is 7.18. The van der Waals surface area contributed by atoms with Crippen LogP contribution in [0.5, 0.6) is 0 Å². The second-order valence-corrected chi connectivity index (χ2v) is 11.2. The Hall–Kier alpha value is 0.869. The molecule has 0 aromatic heterocycles. The maximum absolute atomic E-state index is 5.28. The standard InChI is InChI=1S/C17H26P.C8H9O2.Fe/c1-3-9-15(10-4-1)18(17-13-7-8-14-17)16-11-5-2-6-12-16;1-2-4-7(3-1)8-9-5-6-10-8;/h7-8,13-16H,1-6,9-12H2;1-4,8H,5-6H2;/q;;+2. The van der Waals surface area contributed by atoms with E-state index in [0.29, 0.717) is 0 Å². The van der Waals surface area contributed by atoms with Gasteiger partial charge in [0.05, 0.1) is 13.2 Å². The van der Waals surface area contributed by atoms with Crippen LogP contribution in [0.4, 0.5) is 0 Å². The predicted octanol–water partition coefficient (Wildman–Crippen LogP) is 6.26. The van der Waals surface area contributed by atoms with E-state index in [-0.39, 0.29) is 31.3 Å². The molecule has 0 atom stereocenters. The molecule has 0 aromatic rings. The number of ether oxygens (including phenoxy) is 2. The first-order valence-corrected chi connectivity index (χ1v) is 12.8. The number of hydrogen-bond donors (Lipinski definition) is 0. The average Bonchev–Trinajstić information content (AvgIpc) is 3.53. The maximum atomic E-state index is 5.28. The molecule has 10 radical (unpaired) electrons. The molecule has 1 aliphatic heterocycles. The van der Waals surface area contributed by atoms with Gasteiger partial charge in [-0.05, 0) is 88.4 Å². The van der Waals surface area contributed by atoms with Crippen molar-refractivity contribution < 1.29 is 26.5 Å². The van der Waals surface area contributed by atoms with Crippen molar-refractivity contribution >= 4 is 7.92 Å². The number of hydrogen-bond acceptors (Lipinski definition) is 2. The van der Waals surface area contributed by atoms with Crippen LogP contribution in [0.1, 0.15) is 64.2 Å². The third-order valence-electron chi connectivity index (χ3n) is 6.46. The van der Waals surface area contributed by atoms with Gasteiger partial charge in [0.15, 0.2) is 6.29 Å². The molecular formula is C25H35FeO2P+2. The van der Waals surface area contributed by atoms with Gasteiger partial charge in [-0.2, -0.15) is 0 Å². The SMILES string of the molecule is [CH]1[CH][CH][C](C2OCCO2)[CH]1.[CH]1[CH][CH][C](P(C2CCCCC2)C2CCCCC2)[CH]1.[Fe+2]. The molecule has 5 aliphatic rings. The second-order valence-electron chi connectivity index (χ2n) is 8.43. The van der Waals surface area contributed by atoms with Crippen molar-refractivity contribution in [3.63, 3.8) is 0 Å². The van der Waals surface area contributed by atoms with E-state index in [1.807, 2.05) is 25.7 Å². The van der Waals surface area contributed by atoms with Gasteiger partial charge in [0.1, 0.15) is 0 Å². The Labute approximate surface area is 192 Å². The molecule has 0 amide bonds. The van der Waals surface area contributed by atoms with Crippen molar-refractivity contribution in [3.05, 3.63) is 62.9 Å². The fraction of sp³-hybridized carbons (Fsp3) is 0.600. The summed E-state index contributed by atoms with van der Waals surface area (Å²) in [4.78, 5) is 0. The summed E-state index contributed by atoms with van der Waals surface area (Å²) in [7, 11) is 0.145. The average molecular weight is 454 g/mol. The van der Waals surface area contributed by atoms with E-state index in [2.05, 4.69) is 25.7 Å². The van der Waals surface area contributed by atoms with E-state index >= 15 is 0 Å². The Kier molecular flexibility index (Phi) is 11.3. The van der Waals surface area contributed by atoms with Gasteiger partial charge in [0.25, 0.3) is 0 Å². The van der Waals surface area contributed by atoms with Crippen LogP contribution in [0, 0.1) is 62.9 Å². The van der Waals surface area contributed by atoms with Crippen LogP contribution in [0.2, 0.25) is 0 Å². The topological polar surface area (TPSA) is 18.5 Å². The van der Waals surface area contributed by atoms with Gasteiger partial charge in [-0.25, -0.2) is 0 Å². The summed E-state index contributed by atoms with van der Waals surface area (Å²) < 4.78 is 10.6. The van der Waals surface area contributed by atoms with Gasteiger partial charge in [-0.3, -0.25) is 0 Å². The monoisotopic (exact) mass is 454 g/mol. The van der Waals surface area contributed by atoms with Gasteiger partial charge < -0.3 is 9.47 Å². The van der Waals surface area contributed by atoms with Gasteiger partial charge in [-0.1, -0.05) is 46.4 Å². The zero-order valence-corrected chi connectivity index (χ0v) is 19.5. The molecule has 1 heterocycles. The molecule has 0 N–H and O–H groups in total. The first-order valence-electron chi connectivity index (χ1n) is 11.4. The van der Waals surface area contributed by atoms with Crippen LogP contribution >= 0.6 is 7.92 Å². The van der Waals surface area contributed by atoms with Crippen LogP contribution in [-0.2, 0) is 26.5 Å². The minimum atomic E-state index is -0.102. The summed E-state index contributed by atoms with van der Waals surface area (Å²) in [5.74, 6) is 1.12. The molecule has 0 aromatic carbocycles. The third-order valence-corrected chi connectivity index (χ3v) is 9.96. The first-order chi connectivity index (χ1) is 13.9. The Morgan fingerprint density at radius 3 is 1.55 bits per heavy atom. The Morgan fingerprint density at radius 2 is 1.07 bits per heavy atom. The Balaban J connectivity index is 0.000000186. The van der Waals surface area contributed by atoms with Crippen molar-refractivity contribution in [1.82, 2.24) is 0 Å². The van der Waals surface area contributed by atoms with Crippen LogP contribution in [0.25, 0.3) is 0 Å². The van der Waals surface area contributed by atoms with E-state index < -0.39 is 0 Å². The van der Waals surface area contributed by atoms with Gasteiger partial charge >= 0.3 is 17.1 Å². The molecule has 4 heteroatoms. The van der Waals surface area contributed by atoms with Gasteiger partial charge in [0.2, 0.25) is 0 Å². The van der Waals surface area contributed by atoms with Crippen molar-refractivity contribution in [2.24, 2.45) is 0 Å². The minimum absolute atomic E-state index is 0. The van der Waals surface area contributed by atoms with Crippen molar-refractivity contribution in [3.8, 4) is 0 Å². The first kappa shape index (κ1) is 24.5. The second kappa shape index (κ2) is 13.4. The van der Waals surface area contributed by atoms with Crippen LogP contribution in [0.15, 0.2) is 0 Å². The van der Waals surface area contributed by atoms with Crippen LogP contribution in [-0.4, -0.2) is 30.8 Å². The zero-order chi connectivity index (χ0) is 19.0. The summed E-state index contributed by atoms with van der Waals surface area (Å²) in [5.41, 5.74) is 3.84. The van der Waals surface area contributed by atoms with Gasteiger partial charge in [0, 0.05) is 11.6 Å². The summed E-state index contributed by atoms with van der Waals surface area (Å²) in [6.45, 7) is 1.44. The molecule has 5 fully saturated rings. The maximum Gasteiger partial charge on any atom is 2.00 e. The van der Waals surface area contributed by atoms with Crippen LogP contribution in [0.3, 0.4) is 0 Å². The minimum Gasteiger partial charge on any atom is -0.350 e. The summed E-state index contributed by atoms with van der Waals surface area (Å²) in [5, 5.41) is 0. The summed E-state index contributed by atoms with van der Waals surface area (Å²) >= 11 is 0. The van der Waals surface area contributed by atoms with Crippen LogP contribution < -0.4 is 0 Å². The smallest absolute Gasteiger partial charge is 0.350 e. The molecule has 4 saturated carbocycles. The van der Waals surface area contributed by atoms with E-state index in [1.165, 1.54) is 64.2 Å². The van der Waals surface area contributed by atoms with E-state index in [9.17, 15) is 0 Å². The van der Waals surface area contributed by atoms with Crippen molar-refractivity contribution in [2.45, 2.75) is 81.8 Å². The Bertz CT molecular complexity index is 387. The molecule has 1 saturated heterocycles. The molecule has 29 heavy (non-hydrogen) atoms. The molecule has 2 nitrogen and oxygen atoms in total. The molecule has 0 bridgehead atoms. The molecule has 4 aliphatic carbocycles. The van der Waals surface area contributed by atoms with E-state index in [4.69, 9.17) is 9.47 Å². The molecule has 5 rings (SSSR count). The fourth-order valence-electron chi connectivity index (χ4n) is 5.07. The van der Waals surface area contributed by atoms with Crippen molar-refractivity contribution in [2.75, 3.05) is 13.2 Å². The van der Waals surface area contributed by atoms with E-state index in [1.54, 1.807) is 5.66 Å². The number of rotatable bonds is 4. The Morgan fingerprint density at radius 1 is 0.621 bits per heavy atom. The fourth-order valence-corrected chi connectivity index (χ4v) is 8.87. The summed E-state index contributed by atoms with van der Waals surface area (Å²) in [6, 6.07) is 0. The molecule has 158 valence electrons. The largest absolute Gasteiger partial charge is 2.00 e. The molecule has 0 spiro atoms. The predicted molar refractivity (Wildman–Crippen MR) is 117 cm³/mol. The van der Waals surface area contributed by atoms with Gasteiger partial charge in [-0.15, -0.1) is 0 Å². The zero-order valence-electron chi connectivity index (χ0n) is 17.5. The normalized spacial score (nSPS) is 28.4. The molecule has 0 unspecified atom stereocenters. The van der Waals surface area contributed by atoms with Crippen molar-refractivity contribution in [1.29, 1.82) is 0 Å². The molecular weight excluding hydrogens is 419 g/mol. The van der Waals surface area contributed by atoms with E-state index in [0.717, 1.165) is 30.4 Å².